The Kier molecular flexibility index (Phi) is 5.06. The summed E-state index contributed by atoms with van der Waals surface area (Å²) in [6, 6.07) is 21.4. The van der Waals surface area contributed by atoms with Crippen LogP contribution in [0.5, 0.6) is 0 Å². The van der Waals surface area contributed by atoms with Crippen molar-refractivity contribution >= 4 is 48.0 Å². The Hall–Kier alpha value is -4.32. The Morgan fingerprint density at radius 3 is 2.19 bits per heavy atom. The topological polar surface area (TPSA) is 37.4 Å². The minimum absolute atomic E-state index is 0.0616. The van der Waals surface area contributed by atoms with Gasteiger partial charge in [0.05, 0.1) is 16.9 Å². The molecule has 6 rings (SSSR count). The van der Waals surface area contributed by atoms with Gasteiger partial charge in [0, 0.05) is 16.5 Å². The average Bonchev–Trinajstić information content (AvgIpc) is 3.10. The number of rotatable bonds is 2. The lowest BCUT2D eigenvalue weighted by Gasteiger charge is -2.42. The number of carbonyl (C=O) groups excluding carboxylic acids is 2. The minimum atomic E-state index is -0.675. The van der Waals surface area contributed by atoms with E-state index in [9.17, 15) is 9.59 Å². The summed E-state index contributed by atoms with van der Waals surface area (Å²) in [7, 11) is 5.82. The number of anilines is 3. The van der Waals surface area contributed by atoms with Crippen molar-refractivity contribution in [3.63, 3.8) is 0 Å². The molecule has 0 spiro atoms. The molecule has 1 heterocycles. The fourth-order valence-corrected chi connectivity index (χ4v) is 5.39. The van der Waals surface area contributed by atoms with Crippen LogP contribution in [0.1, 0.15) is 51.3 Å². The number of benzene rings is 4. The highest BCUT2D eigenvalue weighted by atomic mass is 19.1. The van der Waals surface area contributed by atoms with Gasteiger partial charge < -0.3 is 4.90 Å². The van der Waals surface area contributed by atoms with Gasteiger partial charge in [0.2, 0.25) is 0 Å². The number of carbonyl (C=O) groups is 2. The second-order valence-electron chi connectivity index (χ2n) is 9.85. The third kappa shape index (κ3) is 3.40. The second kappa shape index (κ2) is 8.10. The van der Waals surface area contributed by atoms with E-state index in [1.807, 2.05) is 44.2 Å². The van der Waals surface area contributed by atoms with E-state index in [-0.39, 0.29) is 22.8 Å². The first-order valence-electron chi connectivity index (χ1n) is 11.9. The number of hydrogen-bond donors (Lipinski definition) is 0. The summed E-state index contributed by atoms with van der Waals surface area (Å²) in [5.41, 5.74) is 4.06. The molecule has 0 saturated carbocycles. The van der Waals surface area contributed by atoms with Crippen LogP contribution in [0.3, 0.4) is 0 Å². The van der Waals surface area contributed by atoms with Crippen LogP contribution in [-0.2, 0) is 5.41 Å². The number of para-hydroxylation sites is 2. The van der Waals surface area contributed by atoms with Crippen molar-refractivity contribution in [2.45, 2.75) is 19.3 Å². The normalized spacial score (nSPS) is 16.5. The van der Waals surface area contributed by atoms with Crippen LogP contribution in [0.2, 0.25) is 0 Å². The van der Waals surface area contributed by atoms with Gasteiger partial charge in [-0.2, -0.15) is 0 Å². The molecule has 0 atom stereocenters. The number of hydrogen-bond acceptors (Lipinski definition) is 3. The summed E-state index contributed by atoms with van der Waals surface area (Å²) in [6.45, 7) is 4.09. The molecule has 0 bridgehead atoms. The summed E-state index contributed by atoms with van der Waals surface area (Å²) in [5, 5.41) is 0. The number of nitrogens with zero attached hydrogens (tertiary/aromatic N) is 1. The predicted molar refractivity (Wildman–Crippen MR) is 142 cm³/mol. The van der Waals surface area contributed by atoms with Crippen molar-refractivity contribution in [1.82, 2.24) is 0 Å². The Labute approximate surface area is 214 Å². The van der Waals surface area contributed by atoms with Crippen LogP contribution in [0.25, 0.3) is 6.08 Å². The molecule has 0 aromatic heterocycles. The van der Waals surface area contributed by atoms with E-state index in [1.54, 1.807) is 35.2 Å². The van der Waals surface area contributed by atoms with Gasteiger partial charge >= 0.3 is 0 Å². The molecular formula is C31H20BF2NO2. The summed E-state index contributed by atoms with van der Waals surface area (Å²) in [5.74, 6) is -2.07. The molecule has 0 fully saturated rings. The van der Waals surface area contributed by atoms with Crippen LogP contribution < -0.4 is 10.4 Å². The maximum absolute atomic E-state index is 15.0. The standard InChI is InChI=1S/C31H20BF2NO2/c1-31(2)22-6-3-4-9-26(22)35(28-24(33)7-5-8-25(28)34)27-13-10-17(15-23(27)31)14-21-29(36)19-12-11-18(32)16-20(19)30(21)37/h3-16H,1-2H3/b21-14-. The molecule has 1 aliphatic heterocycles. The van der Waals surface area contributed by atoms with Gasteiger partial charge in [-0.05, 0) is 53.1 Å². The molecule has 37 heavy (non-hydrogen) atoms. The monoisotopic (exact) mass is 487 g/mol. The predicted octanol–water partition coefficient (Wildman–Crippen LogP) is 6.33. The highest BCUT2D eigenvalue weighted by Crippen LogP contribution is 2.52. The Balaban J connectivity index is 1.54. The highest BCUT2D eigenvalue weighted by molar-refractivity contribution is 6.42. The third-order valence-corrected chi connectivity index (χ3v) is 7.25. The Morgan fingerprint density at radius 2 is 1.43 bits per heavy atom. The molecular weight excluding hydrogens is 467 g/mol. The van der Waals surface area contributed by atoms with Gasteiger partial charge in [-0.15, -0.1) is 0 Å². The minimum Gasteiger partial charge on any atom is -0.305 e. The molecule has 2 radical (unpaired) electrons. The molecule has 0 amide bonds. The molecule has 3 nitrogen and oxygen atoms in total. The van der Waals surface area contributed by atoms with E-state index in [0.29, 0.717) is 33.5 Å². The van der Waals surface area contributed by atoms with Gasteiger partial charge in [-0.25, -0.2) is 8.78 Å². The van der Waals surface area contributed by atoms with Gasteiger partial charge in [0.1, 0.15) is 25.2 Å². The maximum Gasteiger partial charge on any atom is 0.197 e. The van der Waals surface area contributed by atoms with Crippen LogP contribution in [0.15, 0.2) is 84.4 Å². The third-order valence-electron chi connectivity index (χ3n) is 7.25. The van der Waals surface area contributed by atoms with Gasteiger partial charge in [0.15, 0.2) is 11.6 Å². The van der Waals surface area contributed by atoms with E-state index in [1.165, 1.54) is 24.3 Å². The van der Waals surface area contributed by atoms with Crippen molar-refractivity contribution < 1.29 is 18.4 Å². The first-order valence-corrected chi connectivity index (χ1v) is 11.9. The maximum atomic E-state index is 15.0. The second-order valence-corrected chi connectivity index (χ2v) is 9.85. The molecule has 4 aromatic rings. The molecule has 178 valence electrons. The smallest absolute Gasteiger partial charge is 0.197 e. The van der Waals surface area contributed by atoms with E-state index in [2.05, 4.69) is 0 Å². The Morgan fingerprint density at radius 1 is 0.757 bits per heavy atom. The number of fused-ring (bicyclic) bond motifs is 3. The zero-order valence-corrected chi connectivity index (χ0v) is 20.2. The first kappa shape index (κ1) is 23.1. The van der Waals surface area contributed by atoms with Gasteiger partial charge in [-0.1, -0.05) is 67.8 Å². The van der Waals surface area contributed by atoms with Crippen LogP contribution in [0.4, 0.5) is 25.8 Å². The largest absolute Gasteiger partial charge is 0.305 e. The van der Waals surface area contributed by atoms with E-state index >= 15 is 8.78 Å². The molecule has 0 saturated heterocycles. The van der Waals surface area contributed by atoms with Crippen molar-refractivity contribution in [1.29, 1.82) is 0 Å². The van der Waals surface area contributed by atoms with E-state index in [4.69, 9.17) is 7.85 Å². The fraction of sp³-hybridized carbons (Fsp3) is 0.0968. The molecule has 1 aliphatic carbocycles. The lowest BCUT2D eigenvalue weighted by Crippen LogP contribution is -2.31. The van der Waals surface area contributed by atoms with E-state index < -0.39 is 17.0 Å². The quantitative estimate of drug-likeness (QED) is 0.188. The number of Topliss-reactive ketones (excluding diaryl/α,β-unsaturated/α-hetero) is 2. The van der Waals surface area contributed by atoms with E-state index in [0.717, 1.165) is 11.1 Å². The van der Waals surface area contributed by atoms with Crippen molar-refractivity contribution in [2.24, 2.45) is 0 Å². The SMILES string of the molecule is [B]c1ccc2c(c1)C(=O)/C(=C\c1ccc3c(c1)C(C)(C)c1ccccc1N3c1c(F)cccc1F)C2=O. The lowest BCUT2D eigenvalue weighted by molar-refractivity contribution is 0.0990. The van der Waals surface area contributed by atoms with Gasteiger partial charge in [0.25, 0.3) is 0 Å². The zero-order chi connectivity index (χ0) is 26.1. The number of ketones is 2. The fourth-order valence-electron chi connectivity index (χ4n) is 5.39. The van der Waals surface area contributed by atoms with Crippen molar-refractivity contribution in [3.8, 4) is 0 Å². The summed E-state index contributed by atoms with van der Waals surface area (Å²) in [6.07, 6.45) is 1.58. The number of allylic oxidation sites excluding steroid dienone is 1. The molecule has 6 heteroatoms. The van der Waals surface area contributed by atoms with Gasteiger partial charge in [-0.3, -0.25) is 9.59 Å². The molecule has 0 unspecified atom stereocenters. The zero-order valence-electron chi connectivity index (χ0n) is 20.2. The van der Waals surface area contributed by atoms with Crippen LogP contribution in [0, 0.1) is 11.6 Å². The number of halogens is 2. The summed E-state index contributed by atoms with van der Waals surface area (Å²) in [4.78, 5) is 27.6. The molecule has 0 N–H and O–H groups in total. The van der Waals surface area contributed by atoms with Crippen molar-refractivity contribution in [3.05, 3.63) is 124 Å². The summed E-state index contributed by atoms with van der Waals surface area (Å²) < 4.78 is 30.1. The summed E-state index contributed by atoms with van der Waals surface area (Å²) >= 11 is 0. The molecule has 4 aromatic carbocycles. The average molecular weight is 487 g/mol. The van der Waals surface area contributed by atoms with Crippen LogP contribution >= 0.6 is 0 Å². The van der Waals surface area contributed by atoms with Crippen LogP contribution in [-0.4, -0.2) is 19.4 Å². The van der Waals surface area contributed by atoms with Crippen molar-refractivity contribution in [2.75, 3.05) is 4.90 Å². The first-order chi connectivity index (χ1) is 17.7. The Bertz CT molecular complexity index is 1670. The highest BCUT2D eigenvalue weighted by Gasteiger charge is 2.39. The molecule has 2 aliphatic rings. The lowest BCUT2D eigenvalue weighted by atomic mass is 9.73.